The predicted molar refractivity (Wildman–Crippen MR) is 78.6 cm³/mol. The minimum atomic E-state index is -0.0902. The smallest absolute Gasteiger partial charge is 0.315 e. The molecule has 20 heavy (non-hydrogen) atoms. The molecule has 0 saturated heterocycles. The molecule has 0 unspecified atom stereocenters. The maximum Gasteiger partial charge on any atom is 0.315 e. The van der Waals surface area contributed by atoms with Crippen LogP contribution in [-0.2, 0) is 19.5 Å². The summed E-state index contributed by atoms with van der Waals surface area (Å²) in [5.74, 6) is 1.65. The highest BCUT2D eigenvalue weighted by Crippen LogP contribution is 2.17. The lowest BCUT2D eigenvalue weighted by atomic mass is 9.99. The van der Waals surface area contributed by atoms with Crippen molar-refractivity contribution in [1.29, 1.82) is 0 Å². The van der Waals surface area contributed by atoms with Crippen molar-refractivity contribution in [3.63, 3.8) is 0 Å². The number of thiophene rings is 1. The Hall–Kier alpha value is -1.82. The van der Waals surface area contributed by atoms with E-state index in [0.29, 0.717) is 19.0 Å². The predicted octanol–water partition coefficient (Wildman–Crippen LogP) is 2.01. The number of rotatable bonds is 4. The number of fused-ring (bicyclic) bond motifs is 1. The van der Waals surface area contributed by atoms with Gasteiger partial charge in [0.2, 0.25) is 0 Å². The lowest BCUT2D eigenvalue weighted by molar-refractivity contribution is 0.236. The topological polar surface area (TPSA) is 59.0 Å². The molecule has 2 aromatic heterocycles. The lowest BCUT2D eigenvalue weighted by Crippen LogP contribution is -2.39. The van der Waals surface area contributed by atoms with Gasteiger partial charge in [0, 0.05) is 38.4 Å². The molecule has 0 fully saturated rings. The van der Waals surface area contributed by atoms with E-state index in [0.717, 1.165) is 30.8 Å². The van der Waals surface area contributed by atoms with Crippen molar-refractivity contribution < 1.29 is 4.79 Å². The van der Waals surface area contributed by atoms with Crippen molar-refractivity contribution in [3.05, 3.63) is 40.6 Å². The molecule has 2 aromatic rings. The third-order valence-corrected chi connectivity index (χ3v) is 4.35. The third kappa shape index (κ3) is 3.19. The zero-order chi connectivity index (χ0) is 13.8. The van der Waals surface area contributed by atoms with Gasteiger partial charge in [-0.1, -0.05) is 0 Å². The van der Waals surface area contributed by atoms with Crippen LogP contribution in [0.5, 0.6) is 0 Å². The fourth-order valence-corrected chi connectivity index (χ4v) is 3.15. The monoisotopic (exact) mass is 290 g/mol. The van der Waals surface area contributed by atoms with Crippen molar-refractivity contribution in [3.8, 4) is 0 Å². The molecule has 0 aromatic carbocycles. The van der Waals surface area contributed by atoms with Gasteiger partial charge in [0.15, 0.2) is 0 Å². The van der Waals surface area contributed by atoms with Crippen molar-refractivity contribution >= 4 is 17.4 Å². The van der Waals surface area contributed by atoms with Gasteiger partial charge in [0.1, 0.15) is 5.82 Å². The minimum absolute atomic E-state index is 0.0902. The summed E-state index contributed by atoms with van der Waals surface area (Å²) in [5.41, 5.74) is 1.14. The summed E-state index contributed by atoms with van der Waals surface area (Å²) in [7, 11) is 0. The largest absolute Gasteiger partial charge is 0.338 e. The van der Waals surface area contributed by atoms with Gasteiger partial charge in [-0.15, -0.1) is 0 Å². The summed E-state index contributed by atoms with van der Waals surface area (Å²) < 4.78 is 2.18. The summed E-state index contributed by atoms with van der Waals surface area (Å²) >= 11 is 1.64. The van der Waals surface area contributed by atoms with E-state index in [-0.39, 0.29) is 6.03 Å². The number of nitrogens with one attached hydrogen (secondary N) is 2. The first-order chi connectivity index (χ1) is 9.81. The number of amides is 2. The van der Waals surface area contributed by atoms with Gasteiger partial charge in [0.05, 0.1) is 0 Å². The molecule has 0 radical (unpaired) electrons. The second-order valence-electron chi connectivity index (χ2n) is 5.10. The zero-order valence-corrected chi connectivity index (χ0v) is 12.0. The summed E-state index contributed by atoms with van der Waals surface area (Å²) in [6.45, 7) is 2.25. The summed E-state index contributed by atoms with van der Waals surface area (Å²) in [5, 5.41) is 9.89. The highest BCUT2D eigenvalue weighted by Gasteiger charge is 2.19. The normalized spacial score (nSPS) is 17.5. The van der Waals surface area contributed by atoms with Crippen LogP contribution in [0.3, 0.4) is 0 Å². The second kappa shape index (κ2) is 6.09. The van der Waals surface area contributed by atoms with E-state index < -0.39 is 0 Å². The number of hydrogen-bond acceptors (Lipinski definition) is 3. The van der Waals surface area contributed by atoms with E-state index in [9.17, 15) is 4.79 Å². The molecular weight excluding hydrogens is 272 g/mol. The van der Waals surface area contributed by atoms with Gasteiger partial charge < -0.3 is 15.2 Å². The minimum Gasteiger partial charge on any atom is -0.338 e. The summed E-state index contributed by atoms with van der Waals surface area (Å²) in [6.07, 6.45) is 5.94. The van der Waals surface area contributed by atoms with E-state index >= 15 is 0 Å². The van der Waals surface area contributed by atoms with E-state index in [1.807, 2.05) is 29.2 Å². The average Bonchev–Trinajstić information content (AvgIpc) is 3.13. The van der Waals surface area contributed by atoms with Crippen LogP contribution in [0.25, 0.3) is 0 Å². The first-order valence-electron chi connectivity index (χ1n) is 6.84. The first-order valence-corrected chi connectivity index (χ1v) is 7.78. The van der Waals surface area contributed by atoms with E-state index in [2.05, 4.69) is 20.2 Å². The molecule has 3 rings (SSSR count). The Morgan fingerprint density at radius 1 is 1.50 bits per heavy atom. The molecule has 2 amide bonds. The molecule has 0 saturated carbocycles. The fourth-order valence-electron chi connectivity index (χ4n) is 2.48. The van der Waals surface area contributed by atoms with E-state index in [4.69, 9.17) is 0 Å². The molecule has 3 heterocycles. The van der Waals surface area contributed by atoms with Gasteiger partial charge in [-0.25, -0.2) is 9.78 Å². The Kier molecular flexibility index (Phi) is 4.01. The molecule has 0 aliphatic carbocycles. The van der Waals surface area contributed by atoms with Crippen molar-refractivity contribution in [1.82, 2.24) is 20.2 Å². The maximum absolute atomic E-state index is 11.7. The van der Waals surface area contributed by atoms with Gasteiger partial charge in [-0.3, -0.25) is 0 Å². The van der Waals surface area contributed by atoms with Crippen LogP contribution in [0.4, 0.5) is 4.79 Å². The Bertz CT molecular complexity index is 564. The van der Waals surface area contributed by atoms with Crippen LogP contribution in [-0.4, -0.2) is 22.1 Å². The first kappa shape index (κ1) is 13.2. The molecule has 1 aliphatic heterocycles. The second-order valence-corrected chi connectivity index (χ2v) is 5.88. The number of aromatic nitrogens is 2. The fraction of sp³-hybridized carbons (Fsp3) is 0.429. The van der Waals surface area contributed by atoms with Crippen LogP contribution in [0.1, 0.15) is 17.8 Å². The van der Waals surface area contributed by atoms with Crippen molar-refractivity contribution in [2.45, 2.75) is 25.9 Å². The molecular formula is C14H18N4OS. The summed E-state index contributed by atoms with van der Waals surface area (Å²) in [4.78, 5) is 16.0. The number of hydrogen-bond donors (Lipinski definition) is 2. The Balaban J connectivity index is 1.40. The number of imidazole rings is 1. The quantitative estimate of drug-likeness (QED) is 0.905. The standard InChI is InChI=1S/C14H18N4OS/c19-14(17-8-12-3-6-20-10-12)16-7-11-1-2-13-15-4-5-18(13)9-11/h3-6,10-11H,1-2,7-9H2,(H2,16,17,19)/t11-/m0/s1. The number of carbonyl (C=O) groups is 1. The van der Waals surface area contributed by atoms with Crippen LogP contribution < -0.4 is 10.6 Å². The number of carbonyl (C=O) groups excluding carboxylic acids is 1. The molecule has 5 nitrogen and oxygen atoms in total. The van der Waals surface area contributed by atoms with Crippen LogP contribution >= 0.6 is 11.3 Å². The Morgan fingerprint density at radius 2 is 2.45 bits per heavy atom. The number of nitrogens with zero attached hydrogens (tertiary/aromatic N) is 2. The number of urea groups is 1. The highest BCUT2D eigenvalue weighted by molar-refractivity contribution is 7.07. The maximum atomic E-state index is 11.7. The van der Waals surface area contributed by atoms with E-state index in [1.165, 1.54) is 0 Å². The zero-order valence-electron chi connectivity index (χ0n) is 11.2. The third-order valence-electron chi connectivity index (χ3n) is 3.62. The van der Waals surface area contributed by atoms with Crippen molar-refractivity contribution in [2.24, 2.45) is 5.92 Å². The molecule has 2 N–H and O–H groups in total. The van der Waals surface area contributed by atoms with Gasteiger partial charge in [-0.2, -0.15) is 11.3 Å². The van der Waals surface area contributed by atoms with Crippen LogP contribution in [0.2, 0.25) is 0 Å². The molecule has 6 heteroatoms. The highest BCUT2D eigenvalue weighted by atomic mass is 32.1. The molecule has 1 atom stereocenters. The molecule has 0 bridgehead atoms. The molecule has 106 valence electrons. The Labute approximate surface area is 122 Å². The van der Waals surface area contributed by atoms with Gasteiger partial charge >= 0.3 is 6.03 Å². The average molecular weight is 290 g/mol. The SMILES string of the molecule is O=C(NCc1ccsc1)NC[C@@H]1CCc2nccn2C1. The Morgan fingerprint density at radius 3 is 3.30 bits per heavy atom. The number of aryl methyl sites for hydroxylation is 1. The van der Waals surface area contributed by atoms with Crippen LogP contribution in [0.15, 0.2) is 29.2 Å². The van der Waals surface area contributed by atoms with Crippen molar-refractivity contribution in [2.75, 3.05) is 6.54 Å². The molecule has 1 aliphatic rings. The molecule has 0 spiro atoms. The van der Waals surface area contributed by atoms with Gasteiger partial charge in [-0.05, 0) is 34.7 Å². The lowest BCUT2D eigenvalue weighted by Gasteiger charge is -2.23. The van der Waals surface area contributed by atoms with Crippen LogP contribution in [0, 0.1) is 5.92 Å². The summed E-state index contributed by atoms with van der Waals surface area (Å²) in [6, 6.07) is 1.93. The van der Waals surface area contributed by atoms with Gasteiger partial charge in [0.25, 0.3) is 0 Å². The van der Waals surface area contributed by atoms with E-state index in [1.54, 1.807) is 11.3 Å².